The lowest BCUT2D eigenvalue weighted by Crippen LogP contribution is -2.41. The summed E-state index contributed by atoms with van der Waals surface area (Å²) in [6.07, 6.45) is 0. The van der Waals surface area contributed by atoms with Crippen LogP contribution in [0.15, 0.2) is 0 Å². The van der Waals surface area contributed by atoms with Crippen LogP contribution in [-0.4, -0.2) is 51.7 Å². The fourth-order valence-corrected chi connectivity index (χ4v) is 3.20. The highest BCUT2D eigenvalue weighted by Crippen LogP contribution is 2.20. The Kier molecular flexibility index (Phi) is 5.14. The third-order valence-electron chi connectivity index (χ3n) is 2.92. The van der Waals surface area contributed by atoms with Crippen LogP contribution in [0, 0.1) is 13.8 Å². The van der Waals surface area contributed by atoms with Crippen LogP contribution in [0.5, 0.6) is 0 Å². The highest BCUT2D eigenvalue weighted by atomic mass is 32.2. The van der Waals surface area contributed by atoms with Gasteiger partial charge in [-0.15, -0.1) is 11.3 Å². The third kappa shape index (κ3) is 3.83. The number of anilines is 1. The summed E-state index contributed by atoms with van der Waals surface area (Å²) in [6.45, 7) is 3.76. The predicted octanol–water partition coefficient (Wildman–Crippen LogP) is 0.510. The molecule has 0 aliphatic carbocycles. The summed E-state index contributed by atoms with van der Waals surface area (Å²) < 4.78 is 0. The largest absolute Gasteiger partial charge is 0.346 e. The Hall–Kier alpha value is -1.94. The van der Waals surface area contributed by atoms with Crippen LogP contribution in [0.3, 0.4) is 0 Å². The van der Waals surface area contributed by atoms with E-state index >= 15 is 0 Å². The van der Waals surface area contributed by atoms with Crippen molar-refractivity contribution in [3.8, 4) is 0 Å². The minimum Gasteiger partial charge on any atom is -0.346 e. The highest BCUT2D eigenvalue weighted by Gasteiger charge is 2.29. The van der Waals surface area contributed by atoms with Crippen LogP contribution in [-0.2, 0) is 14.4 Å². The van der Waals surface area contributed by atoms with Gasteiger partial charge in [0.05, 0.1) is 11.4 Å². The zero-order valence-corrected chi connectivity index (χ0v) is 13.6. The number of rotatable bonds is 4. The lowest BCUT2D eigenvalue weighted by atomic mass is 10.4. The quantitative estimate of drug-likeness (QED) is 0.772. The first-order valence-corrected chi connectivity index (χ1v) is 8.19. The number of thiazole rings is 1. The van der Waals surface area contributed by atoms with Crippen molar-refractivity contribution in [2.75, 3.05) is 24.2 Å². The van der Waals surface area contributed by atoms with Crippen LogP contribution in [0.25, 0.3) is 0 Å². The van der Waals surface area contributed by atoms with Crippen molar-refractivity contribution in [3.05, 3.63) is 10.6 Å². The van der Waals surface area contributed by atoms with Crippen LogP contribution >= 0.6 is 23.1 Å². The summed E-state index contributed by atoms with van der Waals surface area (Å²) in [4.78, 5) is 52.1. The molecule has 0 bridgehead atoms. The first-order valence-electron chi connectivity index (χ1n) is 6.39. The number of imide groups is 1. The maximum atomic E-state index is 11.7. The van der Waals surface area contributed by atoms with Crippen molar-refractivity contribution in [2.24, 2.45) is 0 Å². The van der Waals surface area contributed by atoms with E-state index in [1.165, 1.54) is 11.3 Å². The second-order valence-corrected chi connectivity index (χ2v) is 6.60. The molecule has 0 unspecified atom stereocenters. The normalized spacial score (nSPS) is 14.4. The molecule has 1 aromatic heterocycles. The molecule has 0 spiro atoms. The summed E-state index contributed by atoms with van der Waals surface area (Å²) in [7, 11) is 0. The van der Waals surface area contributed by atoms with E-state index in [0.29, 0.717) is 5.13 Å². The van der Waals surface area contributed by atoms with E-state index in [4.69, 9.17) is 0 Å². The summed E-state index contributed by atoms with van der Waals surface area (Å²) in [6, 6.07) is 0. The topological polar surface area (TPSA) is 108 Å². The van der Waals surface area contributed by atoms with Gasteiger partial charge in [-0.3, -0.25) is 29.4 Å². The molecule has 2 rings (SSSR count). The molecule has 22 heavy (non-hydrogen) atoms. The minimum atomic E-state index is -0.836. The number of carbonyl (C=O) groups excluding carboxylic acids is 4. The van der Waals surface area contributed by atoms with Crippen molar-refractivity contribution in [1.29, 1.82) is 0 Å². The molecular weight excluding hydrogens is 328 g/mol. The molecule has 0 radical (unpaired) electrons. The second-order valence-electron chi connectivity index (χ2n) is 4.47. The van der Waals surface area contributed by atoms with E-state index < -0.39 is 11.8 Å². The van der Waals surface area contributed by atoms with Crippen LogP contribution < -0.4 is 10.6 Å². The molecule has 1 aliphatic heterocycles. The number of aryl methyl sites for hydroxylation is 2. The Labute approximate surface area is 134 Å². The zero-order chi connectivity index (χ0) is 16.3. The monoisotopic (exact) mass is 342 g/mol. The van der Waals surface area contributed by atoms with Gasteiger partial charge in [0.15, 0.2) is 5.13 Å². The van der Waals surface area contributed by atoms with E-state index in [0.717, 1.165) is 27.2 Å². The van der Waals surface area contributed by atoms with Gasteiger partial charge in [0.25, 0.3) is 5.24 Å². The van der Waals surface area contributed by atoms with Crippen LogP contribution in [0.1, 0.15) is 10.6 Å². The number of aromatic nitrogens is 1. The Morgan fingerprint density at radius 3 is 2.55 bits per heavy atom. The third-order valence-corrected chi connectivity index (χ3v) is 4.76. The Balaban J connectivity index is 1.78. The average molecular weight is 342 g/mol. The molecule has 118 valence electrons. The van der Waals surface area contributed by atoms with Gasteiger partial charge in [-0.05, 0) is 13.8 Å². The maximum Gasteiger partial charge on any atom is 0.315 e. The van der Waals surface area contributed by atoms with Crippen LogP contribution in [0.2, 0.25) is 0 Å². The standard InChI is InChI=1S/C12H14N4O4S2/c1-6-7(2)22-11(14-6)15-10(19)9(18)13-3-4-16-8(17)5-21-12(16)20/h3-5H2,1-2H3,(H,13,18)(H,14,15,19). The fourth-order valence-electron chi connectivity index (χ4n) is 1.64. The van der Waals surface area contributed by atoms with Crippen molar-refractivity contribution < 1.29 is 19.2 Å². The van der Waals surface area contributed by atoms with Crippen molar-refractivity contribution in [2.45, 2.75) is 13.8 Å². The zero-order valence-electron chi connectivity index (χ0n) is 12.0. The van der Waals surface area contributed by atoms with Gasteiger partial charge in [0, 0.05) is 18.0 Å². The summed E-state index contributed by atoms with van der Waals surface area (Å²) >= 11 is 2.20. The lowest BCUT2D eigenvalue weighted by Gasteiger charge is -2.12. The highest BCUT2D eigenvalue weighted by molar-refractivity contribution is 8.14. The number of hydrogen-bond donors (Lipinski definition) is 2. The Morgan fingerprint density at radius 2 is 2.00 bits per heavy atom. The maximum absolute atomic E-state index is 11.7. The van der Waals surface area contributed by atoms with Gasteiger partial charge < -0.3 is 5.32 Å². The van der Waals surface area contributed by atoms with Gasteiger partial charge >= 0.3 is 11.8 Å². The minimum absolute atomic E-state index is 0.0280. The molecule has 1 aromatic rings. The molecule has 0 aromatic carbocycles. The van der Waals surface area contributed by atoms with E-state index in [1.54, 1.807) is 0 Å². The first kappa shape index (κ1) is 16.4. The molecule has 4 amide bonds. The molecule has 10 heteroatoms. The number of nitrogens with zero attached hydrogens (tertiary/aromatic N) is 2. The van der Waals surface area contributed by atoms with E-state index in [2.05, 4.69) is 15.6 Å². The van der Waals surface area contributed by atoms with E-state index in [1.807, 2.05) is 13.8 Å². The van der Waals surface area contributed by atoms with Gasteiger partial charge in [-0.2, -0.15) is 0 Å². The molecule has 1 saturated heterocycles. The number of thioether (sulfide) groups is 1. The van der Waals surface area contributed by atoms with Gasteiger partial charge in [0.1, 0.15) is 0 Å². The predicted molar refractivity (Wildman–Crippen MR) is 82.8 cm³/mol. The smallest absolute Gasteiger partial charge is 0.315 e. The summed E-state index contributed by atoms with van der Waals surface area (Å²) in [5.41, 5.74) is 0.796. The molecule has 2 heterocycles. The van der Waals surface area contributed by atoms with Crippen molar-refractivity contribution >= 4 is 51.2 Å². The molecule has 0 saturated carbocycles. The molecule has 1 fully saturated rings. The van der Waals surface area contributed by atoms with Gasteiger partial charge in [0.2, 0.25) is 5.91 Å². The average Bonchev–Trinajstić information content (AvgIpc) is 2.94. The first-order chi connectivity index (χ1) is 10.4. The van der Waals surface area contributed by atoms with Gasteiger partial charge in [-0.25, -0.2) is 4.98 Å². The fraction of sp³-hybridized carbons (Fsp3) is 0.417. The lowest BCUT2D eigenvalue weighted by molar-refractivity contribution is -0.136. The van der Waals surface area contributed by atoms with Crippen LogP contribution in [0.4, 0.5) is 9.93 Å². The number of nitrogens with one attached hydrogen (secondary N) is 2. The second kappa shape index (κ2) is 6.88. The SMILES string of the molecule is Cc1nc(NC(=O)C(=O)NCCN2C(=O)CSC2=O)sc1C. The molecule has 2 N–H and O–H groups in total. The van der Waals surface area contributed by atoms with Gasteiger partial charge in [-0.1, -0.05) is 11.8 Å². The van der Waals surface area contributed by atoms with Crippen molar-refractivity contribution in [3.63, 3.8) is 0 Å². The summed E-state index contributed by atoms with van der Waals surface area (Å²) in [5, 5.41) is 4.79. The molecule has 8 nitrogen and oxygen atoms in total. The Bertz CT molecular complexity index is 608. The Morgan fingerprint density at radius 1 is 1.27 bits per heavy atom. The van der Waals surface area contributed by atoms with E-state index in [9.17, 15) is 19.2 Å². The molecule has 1 aliphatic rings. The van der Waals surface area contributed by atoms with Crippen molar-refractivity contribution in [1.82, 2.24) is 15.2 Å². The number of amides is 4. The number of hydrogen-bond acceptors (Lipinski definition) is 7. The molecule has 0 atom stereocenters. The summed E-state index contributed by atoms with van der Waals surface area (Å²) in [5.74, 6) is -1.84. The number of carbonyl (C=O) groups is 4. The molecular formula is C12H14N4O4S2. The van der Waals surface area contributed by atoms with E-state index in [-0.39, 0.29) is 30.0 Å².